The van der Waals surface area contributed by atoms with Crippen molar-refractivity contribution in [3.63, 3.8) is 0 Å². The zero-order valence-corrected chi connectivity index (χ0v) is 20.2. The molecule has 0 aliphatic heterocycles. The summed E-state index contributed by atoms with van der Waals surface area (Å²) in [4.78, 5) is 21.4. The smallest absolute Gasteiger partial charge is 0.387 e. The topological polar surface area (TPSA) is 122 Å². The Bertz CT molecular complexity index is 1430. The van der Waals surface area contributed by atoms with Gasteiger partial charge in [-0.05, 0) is 19.9 Å². The number of fused-ring (bicyclic) bond motifs is 1. The third kappa shape index (κ3) is 6.32. The van der Waals surface area contributed by atoms with E-state index in [1.165, 1.54) is 43.0 Å². The minimum atomic E-state index is -4.47. The number of hydrogen-bond donors (Lipinski definition) is 3. The Labute approximate surface area is 212 Å². The molecule has 3 N–H and O–H groups in total. The fraction of sp³-hybridized carbons (Fsp3) is 0.318. The van der Waals surface area contributed by atoms with Crippen molar-refractivity contribution in [1.29, 1.82) is 0 Å². The summed E-state index contributed by atoms with van der Waals surface area (Å²) in [6.45, 7) is 0.757. The molecule has 37 heavy (non-hydrogen) atoms. The first kappa shape index (κ1) is 26.3. The van der Waals surface area contributed by atoms with E-state index in [0.29, 0.717) is 26.6 Å². The van der Waals surface area contributed by atoms with Gasteiger partial charge in [-0.25, -0.2) is 13.9 Å². The number of nitrogens with one attached hydrogen (secondary N) is 2. The lowest BCUT2D eigenvalue weighted by atomic mass is 10.0. The second-order valence-corrected chi connectivity index (χ2v) is 9.15. The number of carbonyl (C=O) groups excluding carboxylic acids is 1. The quantitative estimate of drug-likeness (QED) is 0.291. The van der Waals surface area contributed by atoms with Crippen LogP contribution in [0.25, 0.3) is 16.9 Å². The highest BCUT2D eigenvalue weighted by atomic mass is 35.5. The van der Waals surface area contributed by atoms with Crippen molar-refractivity contribution in [3.05, 3.63) is 53.8 Å². The highest BCUT2D eigenvalue weighted by Crippen LogP contribution is 2.29. The van der Waals surface area contributed by atoms with Crippen LogP contribution in [-0.4, -0.2) is 64.9 Å². The summed E-state index contributed by atoms with van der Waals surface area (Å²) < 4.78 is 54.5. The molecule has 0 saturated carbocycles. The molecule has 0 fully saturated rings. The van der Waals surface area contributed by atoms with E-state index in [1.807, 2.05) is 0 Å². The Balaban J connectivity index is 1.68. The molecule has 0 bridgehead atoms. The largest absolute Gasteiger partial charge is 0.408 e. The predicted octanol–water partition coefficient (Wildman–Crippen LogP) is 3.79. The number of carbonyl (C=O) groups is 1. The van der Waals surface area contributed by atoms with Gasteiger partial charge in [-0.1, -0.05) is 11.6 Å². The molecular formula is C22H21ClF4N8O2. The van der Waals surface area contributed by atoms with Gasteiger partial charge in [0.15, 0.2) is 5.65 Å². The minimum Gasteiger partial charge on any atom is -0.387 e. The summed E-state index contributed by atoms with van der Waals surface area (Å²) >= 11 is 5.95. The first-order valence-electron chi connectivity index (χ1n) is 10.8. The molecule has 0 aromatic carbocycles. The maximum Gasteiger partial charge on any atom is 0.408 e. The summed E-state index contributed by atoms with van der Waals surface area (Å²) in [6.07, 6.45) is 1.75. The van der Waals surface area contributed by atoms with Gasteiger partial charge in [0.1, 0.15) is 12.7 Å². The average molecular weight is 541 g/mol. The van der Waals surface area contributed by atoms with Crippen LogP contribution in [-0.2, 0) is 6.54 Å². The van der Waals surface area contributed by atoms with E-state index in [9.17, 15) is 27.5 Å². The van der Waals surface area contributed by atoms with E-state index in [2.05, 4.69) is 30.8 Å². The summed E-state index contributed by atoms with van der Waals surface area (Å²) in [5.74, 6) is -0.721. The lowest BCUT2D eigenvalue weighted by Crippen LogP contribution is -2.42. The number of aromatic nitrogens is 6. The number of aliphatic hydroxyl groups is 1. The number of pyridine rings is 1. The van der Waals surface area contributed by atoms with Gasteiger partial charge in [0.05, 0.1) is 64.0 Å². The maximum atomic E-state index is 14.2. The second-order valence-electron chi connectivity index (χ2n) is 8.71. The molecular weight excluding hydrogens is 520 g/mol. The number of nitrogens with zero attached hydrogens (tertiary/aromatic N) is 6. The van der Waals surface area contributed by atoms with Crippen LogP contribution >= 0.6 is 11.6 Å². The Morgan fingerprint density at radius 2 is 1.89 bits per heavy atom. The number of rotatable bonds is 8. The summed E-state index contributed by atoms with van der Waals surface area (Å²) in [6, 6.07) is 1.48. The SMILES string of the molecule is CC(C)(O)[C@H](F)CNC(=O)c1cnc(-c2cnn3cc(Cl)cnc23)cc1Nc1cnn(CC(F)(F)F)c1. The van der Waals surface area contributed by atoms with Crippen LogP contribution in [0, 0.1) is 0 Å². The summed E-state index contributed by atoms with van der Waals surface area (Å²) in [5, 5.41) is 23.3. The van der Waals surface area contributed by atoms with Crippen LogP contribution < -0.4 is 10.6 Å². The van der Waals surface area contributed by atoms with Crippen LogP contribution in [0.15, 0.2) is 43.2 Å². The molecule has 4 heterocycles. The number of halogens is 5. The van der Waals surface area contributed by atoms with Crippen molar-refractivity contribution in [3.8, 4) is 11.3 Å². The molecule has 1 amide bonds. The molecule has 0 spiro atoms. The molecule has 4 aromatic rings. The fourth-order valence-corrected chi connectivity index (χ4v) is 3.44. The first-order valence-corrected chi connectivity index (χ1v) is 11.2. The average Bonchev–Trinajstić information content (AvgIpc) is 3.41. The summed E-state index contributed by atoms with van der Waals surface area (Å²) in [7, 11) is 0. The van der Waals surface area contributed by atoms with Gasteiger partial charge in [-0.15, -0.1) is 0 Å². The van der Waals surface area contributed by atoms with E-state index >= 15 is 0 Å². The predicted molar refractivity (Wildman–Crippen MR) is 126 cm³/mol. The Morgan fingerprint density at radius 1 is 1.14 bits per heavy atom. The highest BCUT2D eigenvalue weighted by molar-refractivity contribution is 6.30. The van der Waals surface area contributed by atoms with Crippen LogP contribution in [0.2, 0.25) is 5.02 Å². The zero-order chi connectivity index (χ0) is 27.0. The number of alkyl halides is 4. The Hall–Kier alpha value is -3.78. The van der Waals surface area contributed by atoms with Crippen LogP contribution in [0.4, 0.5) is 28.9 Å². The van der Waals surface area contributed by atoms with Crippen LogP contribution in [0.3, 0.4) is 0 Å². The van der Waals surface area contributed by atoms with Crippen LogP contribution in [0.5, 0.6) is 0 Å². The van der Waals surface area contributed by atoms with E-state index in [0.717, 1.165) is 12.4 Å². The molecule has 10 nitrogen and oxygen atoms in total. The second kappa shape index (κ2) is 9.94. The van der Waals surface area contributed by atoms with Gasteiger partial charge >= 0.3 is 6.18 Å². The van der Waals surface area contributed by atoms with Crippen molar-refractivity contribution in [1.82, 2.24) is 34.7 Å². The molecule has 1 atom stereocenters. The monoisotopic (exact) mass is 540 g/mol. The Morgan fingerprint density at radius 3 is 2.59 bits per heavy atom. The molecule has 4 rings (SSSR count). The first-order chi connectivity index (χ1) is 17.3. The summed E-state index contributed by atoms with van der Waals surface area (Å²) in [5.41, 5.74) is -0.132. The van der Waals surface area contributed by atoms with Crippen molar-refractivity contribution in [2.45, 2.75) is 38.3 Å². The molecule has 15 heteroatoms. The lowest BCUT2D eigenvalue weighted by molar-refractivity contribution is -0.142. The molecule has 196 valence electrons. The van der Waals surface area contributed by atoms with Gasteiger partial charge in [0.25, 0.3) is 5.91 Å². The molecule has 0 radical (unpaired) electrons. The van der Waals surface area contributed by atoms with Gasteiger partial charge < -0.3 is 15.7 Å². The minimum absolute atomic E-state index is 0.0252. The lowest BCUT2D eigenvalue weighted by Gasteiger charge is -2.22. The third-order valence-electron chi connectivity index (χ3n) is 5.21. The van der Waals surface area contributed by atoms with E-state index in [1.54, 1.807) is 6.20 Å². The number of amides is 1. The van der Waals surface area contributed by atoms with Crippen molar-refractivity contribution < 1.29 is 27.5 Å². The highest BCUT2D eigenvalue weighted by Gasteiger charge is 2.29. The molecule has 0 unspecified atom stereocenters. The molecule has 4 aromatic heterocycles. The van der Waals surface area contributed by atoms with Gasteiger partial charge in [-0.3, -0.25) is 14.5 Å². The third-order valence-corrected chi connectivity index (χ3v) is 5.41. The Kier molecular flexibility index (Phi) is 7.06. The van der Waals surface area contributed by atoms with Gasteiger partial charge in [0, 0.05) is 18.6 Å². The molecule has 0 saturated heterocycles. The number of anilines is 2. The normalized spacial score (nSPS) is 13.1. The maximum absolute atomic E-state index is 14.2. The van der Waals surface area contributed by atoms with Crippen LogP contribution in [0.1, 0.15) is 24.2 Å². The van der Waals surface area contributed by atoms with Crippen molar-refractivity contribution >= 4 is 34.5 Å². The standard InChI is InChI=1S/C22H21ClF4N8O2/c1-21(2,37)18(24)8-30-20(36)15-6-28-16(14-7-32-35-9-12(23)4-29-19(14)35)3-17(15)33-13-5-31-34(10-13)11-22(25,26)27/h3-7,9-10,18,37H,8,11H2,1-2H3,(H,28,33)(H,30,36)/t18-/m1/s1. The molecule has 0 aliphatic carbocycles. The van der Waals surface area contributed by atoms with Gasteiger partial charge in [-0.2, -0.15) is 23.4 Å². The molecule has 0 aliphatic rings. The number of hydrogen-bond acceptors (Lipinski definition) is 7. The van der Waals surface area contributed by atoms with E-state index in [-0.39, 0.29) is 16.9 Å². The van der Waals surface area contributed by atoms with Gasteiger partial charge in [0.2, 0.25) is 0 Å². The van der Waals surface area contributed by atoms with E-state index < -0.39 is 36.9 Å². The van der Waals surface area contributed by atoms with Crippen molar-refractivity contribution in [2.75, 3.05) is 11.9 Å². The fourth-order valence-electron chi connectivity index (χ4n) is 3.30. The van der Waals surface area contributed by atoms with E-state index in [4.69, 9.17) is 11.6 Å². The van der Waals surface area contributed by atoms with Crippen molar-refractivity contribution in [2.24, 2.45) is 0 Å². The zero-order valence-electron chi connectivity index (χ0n) is 19.5.